The second-order valence-corrected chi connectivity index (χ2v) is 6.36. The molecule has 106 valence electrons. The van der Waals surface area contributed by atoms with Crippen LogP contribution in [0.5, 0.6) is 0 Å². The van der Waals surface area contributed by atoms with Gasteiger partial charge < -0.3 is 5.73 Å². The summed E-state index contributed by atoms with van der Waals surface area (Å²) in [6, 6.07) is 3.66. The standard InChI is InChI=1S/C12H18FN3O2S/c13-10-7-11(14)9-12(8-10)15-19(17,18)16-5-3-1-2-4-6-16/h7-9,15H,1-6,14H2. The fourth-order valence-corrected chi connectivity index (χ4v) is 3.45. The van der Waals surface area contributed by atoms with Crippen molar-refractivity contribution in [3.8, 4) is 0 Å². The fraction of sp³-hybridized carbons (Fsp3) is 0.500. The largest absolute Gasteiger partial charge is 0.399 e. The number of nitrogen functional groups attached to an aromatic ring is 1. The molecule has 0 spiro atoms. The van der Waals surface area contributed by atoms with Crippen LogP contribution in [0.25, 0.3) is 0 Å². The summed E-state index contributed by atoms with van der Waals surface area (Å²) in [4.78, 5) is 0. The van der Waals surface area contributed by atoms with Gasteiger partial charge in [0.25, 0.3) is 0 Å². The van der Waals surface area contributed by atoms with Crippen LogP contribution in [0.3, 0.4) is 0 Å². The maximum Gasteiger partial charge on any atom is 0.301 e. The first-order valence-corrected chi connectivity index (χ1v) is 7.75. The van der Waals surface area contributed by atoms with Gasteiger partial charge in [-0.1, -0.05) is 12.8 Å². The Labute approximate surface area is 112 Å². The molecule has 0 atom stereocenters. The van der Waals surface area contributed by atoms with Gasteiger partial charge in [0.05, 0.1) is 5.69 Å². The highest BCUT2D eigenvalue weighted by Gasteiger charge is 2.22. The first-order chi connectivity index (χ1) is 8.97. The molecule has 0 saturated carbocycles. The van der Waals surface area contributed by atoms with E-state index in [9.17, 15) is 12.8 Å². The van der Waals surface area contributed by atoms with E-state index in [1.165, 1.54) is 10.4 Å². The van der Waals surface area contributed by atoms with E-state index in [0.29, 0.717) is 13.1 Å². The number of nitrogens with zero attached hydrogens (tertiary/aromatic N) is 1. The smallest absolute Gasteiger partial charge is 0.301 e. The topological polar surface area (TPSA) is 75.4 Å². The van der Waals surface area contributed by atoms with Crippen molar-refractivity contribution in [2.45, 2.75) is 25.7 Å². The molecule has 0 radical (unpaired) electrons. The van der Waals surface area contributed by atoms with Gasteiger partial charge in [-0.3, -0.25) is 4.72 Å². The number of rotatable bonds is 3. The molecule has 3 N–H and O–H groups in total. The van der Waals surface area contributed by atoms with Crippen molar-refractivity contribution in [3.63, 3.8) is 0 Å². The lowest BCUT2D eigenvalue weighted by atomic mass is 10.2. The summed E-state index contributed by atoms with van der Waals surface area (Å²) in [5.74, 6) is -0.562. The molecule has 1 heterocycles. The molecule has 2 rings (SSSR count). The molecule has 1 aliphatic rings. The number of halogens is 1. The minimum Gasteiger partial charge on any atom is -0.399 e. The maximum absolute atomic E-state index is 13.2. The Morgan fingerprint density at radius 3 is 2.32 bits per heavy atom. The number of hydrogen-bond donors (Lipinski definition) is 2. The van der Waals surface area contributed by atoms with Crippen LogP contribution in [0.1, 0.15) is 25.7 Å². The van der Waals surface area contributed by atoms with E-state index in [-0.39, 0.29) is 11.4 Å². The predicted octanol–water partition coefficient (Wildman–Crippen LogP) is 1.94. The van der Waals surface area contributed by atoms with Crippen LogP contribution in [0.2, 0.25) is 0 Å². The molecule has 1 aromatic rings. The normalized spacial score (nSPS) is 17.9. The molecular weight excluding hydrogens is 269 g/mol. The molecule has 0 aliphatic carbocycles. The Balaban J connectivity index is 2.15. The minimum absolute atomic E-state index is 0.154. The van der Waals surface area contributed by atoms with E-state index in [0.717, 1.165) is 37.8 Å². The lowest BCUT2D eigenvalue weighted by molar-refractivity contribution is 0.427. The number of nitrogens with one attached hydrogen (secondary N) is 1. The fourth-order valence-electron chi connectivity index (χ4n) is 2.17. The SMILES string of the molecule is Nc1cc(F)cc(NS(=O)(=O)N2CCCCCC2)c1. The summed E-state index contributed by atoms with van der Waals surface area (Å²) >= 11 is 0. The quantitative estimate of drug-likeness (QED) is 0.834. The summed E-state index contributed by atoms with van der Waals surface area (Å²) in [5.41, 5.74) is 5.84. The van der Waals surface area contributed by atoms with Gasteiger partial charge >= 0.3 is 10.2 Å². The maximum atomic E-state index is 13.2. The lowest BCUT2D eigenvalue weighted by Crippen LogP contribution is -2.36. The summed E-state index contributed by atoms with van der Waals surface area (Å²) in [6.07, 6.45) is 3.79. The second kappa shape index (κ2) is 5.75. The van der Waals surface area contributed by atoms with Crippen molar-refractivity contribution in [1.82, 2.24) is 4.31 Å². The Morgan fingerprint density at radius 2 is 1.74 bits per heavy atom. The number of hydrogen-bond acceptors (Lipinski definition) is 3. The van der Waals surface area contributed by atoms with Crippen LogP contribution in [0.4, 0.5) is 15.8 Å². The average Bonchev–Trinajstić information content (AvgIpc) is 2.55. The zero-order chi connectivity index (χ0) is 13.9. The van der Waals surface area contributed by atoms with Gasteiger partial charge in [0, 0.05) is 18.8 Å². The molecule has 7 heteroatoms. The third kappa shape index (κ3) is 3.81. The van der Waals surface area contributed by atoms with Gasteiger partial charge in [0.1, 0.15) is 5.82 Å². The third-order valence-electron chi connectivity index (χ3n) is 3.07. The van der Waals surface area contributed by atoms with E-state index < -0.39 is 16.0 Å². The highest BCUT2D eigenvalue weighted by atomic mass is 32.2. The van der Waals surface area contributed by atoms with Gasteiger partial charge in [0.15, 0.2) is 0 Å². The first kappa shape index (κ1) is 14.1. The highest BCUT2D eigenvalue weighted by Crippen LogP contribution is 2.19. The molecule has 0 bridgehead atoms. The van der Waals surface area contributed by atoms with E-state index in [4.69, 9.17) is 5.73 Å². The van der Waals surface area contributed by atoms with Crippen LogP contribution < -0.4 is 10.5 Å². The van der Waals surface area contributed by atoms with Crippen LogP contribution in [-0.2, 0) is 10.2 Å². The summed E-state index contributed by atoms with van der Waals surface area (Å²) < 4.78 is 41.3. The van der Waals surface area contributed by atoms with Gasteiger partial charge in [-0.25, -0.2) is 4.39 Å². The van der Waals surface area contributed by atoms with Gasteiger partial charge in [0.2, 0.25) is 0 Å². The number of anilines is 2. The van der Waals surface area contributed by atoms with E-state index in [2.05, 4.69) is 4.72 Å². The summed E-state index contributed by atoms with van der Waals surface area (Å²) in [5, 5.41) is 0. The Kier molecular flexibility index (Phi) is 4.26. The van der Waals surface area contributed by atoms with E-state index in [1.54, 1.807) is 0 Å². The van der Waals surface area contributed by atoms with Gasteiger partial charge in [-0.2, -0.15) is 12.7 Å². The molecule has 19 heavy (non-hydrogen) atoms. The molecule has 0 aromatic heterocycles. The molecule has 0 amide bonds. The van der Waals surface area contributed by atoms with Crippen LogP contribution >= 0.6 is 0 Å². The van der Waals surface area contributed by atoms with Gasteiger partial charge in [-0.05, 0) is 31.0 Å². The van der Waals surface area contributed by atoms with Crippen molar-refractivity contribution in [3.05, 3.63) is 24.0 Å². The predicted molar refractivity (Wildman–Crippen MR) is 73.4 cm³/mol. The zero-order valence-corrected chi connectivity index (χ0v) is 11.4. The lowest BCUT2D eigenvalue weighted by Gasteiger charge is -2.20. The molecule has 5 nitrogen and oxygen atoms in total. The van der Waals surface area contributed by atoms with E-state index >= 15 is 0 Å². The molecule has 1 fully saturated rings. The molecule has 1 saturated heterocycles. The Morgan fingerprint density at radius 1 is 1.11 bits per heavy atom. The van der Waals surface area contributed by atoms with Crippen molar-refractivity contribution in [2.75, 3.05) is 23.5 Å². The summed E-state index contributed by atoms with van der Waals surface area (Å²) in [6.45, 7) is 1.00. The number of benzene rings is 1. The van der Waals surface area contributed by atoms with Crippen LogP contribution in [0.15, 0.2) is 18.2 Å². The monoisotopic (exact) mass is 287 g/mol. The number of nitrogens with two attached hydrogens (primary N) is 1. The average molecular weight is 287 g/mol. The van der Waals surface area contributed by atoms with Crippen molar-refractivity contribution in [2.24, 2.45) is 0 Å². The molecule has 0 unspecified atom stereocenters. The first-order valence-electron chi connectivity index (χ1n) is 6.31. The Hall–Kier alpha value is -1.34. The highest BCUT2D eigenvalue weighted by molar-refractivity contribution is 7.90. The minimum atomic E-state index is -3.63. The molecule has 1 aromatic carbocycles. The van der Waals surface area contributed by atoms with Crippen molar-refractivity contribution < 1.29 is 12.8 Å². The van der Waals surface area contributed by atoms with Crippen LogP contribution in [0, 0.1) is 5.82 Å². The van der Waals surface area contributed by atoms with Gasteiger partial charge in [-0.15, -0.1) is 0 Å². The zero-order valence-electron chi connectivity index (χ0n) is 10.6. The summed E-state index contributed by atoms with van der Waals surface area (Å²) in [7, 11) is -3.63. The second-order valence-electron chi connectivity index (χ2n) is 4.69. The molecular formula is C12H18FN3O2S. The van der Waals surface area contributed by atoms with Crippen molar-refractivity contribution >= 4 is 21.6 Å². The van der Waals surface area contributed by atoms with Crippen molar-refractivity contribution in [1.29, 1.82) is 0 Å². The van der Waals surface area contributed by atoms with Crippen LogP contribution in [-0.4, -0.2) is 25.8 Å². The molecule has 1 aliphatic heterocycles. The van der Waals surface area contributed by atoms with E-state index in [1.807, 2.05) is 0 Å². The third-order valence-corrected chi connectivity index (χ3v) is 4.61. The Bertz CT molecular complexity index is 520.